The molecule has 2 amide bonds. The topological polar surface area (TPSA) is 46.2 Å². The van der Waals surface area contributed by atoms with E-state index in [1.54, 1.807) is 12.1 Å². The third kappa shape index (κ3) is 2.36. The van der Waals surface area contributed by atoms with Crippen LogP contribution in [0.25, 0.3) is 0 Å². The van der Waals surface area contributed by atoms with Crippen molar-refractivity contribution in [3.8, 4) is 0 Å². The molecule has 1 aliphatic heterocycles. The smallest absolute Gasteiger partial charge is 0.230 e. The van der Waals surface area contributed by atoms with Crippen LogP contribution in [0.15, 0.2) is 24.3 Å². The fourth-order valence-electron chi connectivity index (χ4n) is 1.68. The van der Waals surface area contributed by atoms with E-state index in [0.717, 1.165) is 5.56 Å². The second-order valence-corrected chi connectivity index (χ2v) is 4.08. The fraction of sp³-hybridized carbons (Fsp3) is 0.273. The Balaban J connectivity index is 2.06. The second kappa shape index (κ2) is 4.03. The molecule has 1 aliphatic rings. The molecular weight excluding hydrogens is 214 g/mol. The summed E-state index contributed by atoms with van der Waals surface area (Å²) < 4.78 is 0. The van der Waals surface area contributed by atoms with Crippen LogP contribution in [0.2, 0.25) is 5.02 Å². The van der Waals surface area contributed by atoms with E-state index < -0.39 is 0 Å². The molecule has 1 fully saturated rings. The van der Waals surface area contributed by atoms with Gasteiger partial charge in [-0.3, -0.25) is 14.9 Å². The largest absolute Gasteiger partial charge is 0.296 e. The van der Waals surface area contributed by atoms with Gasteiger partial charge in [-0.25, -0.2) is 0 Å². The molecule has 1 aromatic rings. The van der Waals surface area contributed by atoms with Crippen LogP contribution in [0, 0.1) is 5.92 Å². The van der Waals surface area contributed by atoms with E-state index in [-0.39, 0.29) is 17.7 Å². The van der Waals surface area contributed by atoms with Crippen LogP contribution in [0.5, 0.6) is 0 Å². The first-order chi connectivity index (χ1) is 7.15. The maximum absolute atomic E-state index is 11.3. The summed E-state index contributed by atoms with van der Waals surface area (Å²) in [6.07, 6.45) is 0.885. The molecule has 1 saturated heterocycles. The number of imide groups is 1. The average Bonchev–Trinajstić information content (AvgIpc) is 2.49. The minimum absolute atomic E-state index is 0.171. The van der Waals surface area contributed by atoms with Gasteiger partial charge in [0.15, 0.2) is 0 Å². The van der Waals surface area contributed by atoms with E-state index in [1.165, 1.54) is 0 Å². The predicted octanol–water partition coefficient (Wildman–Crippen LogP) is 1.55. The third-order valence-corrected chi connectivity index (χ3v) is 2.71. The van der Waals surface area contributed by atoms with Crippen molar-refractivity contribution in [1.82, 2.24) is 5.32 Å². The van der Waals surface area contributed by atoms with Crippen molar-refractivity contribution in [2.45, 2.75) is 12.8 Å². The van der Waals surface area contributed by atoms with Crippen molar-refractivity contribution in [2.75, 3.05) is 0 Å². The Morgan fingerprint density at radius 1 is 1.27 bits per heavy atom. The highest BCUT2D eigenvalue weighted by molar-refractivity contribution is 6.30. The van der Waals surface area contributed by atoms with E-state index >= 15 is 0 Å². The Bertz CT molecular complexity index is 400. The van der Waals surface area contributed by atoms with Crippen molar-refractivity contribution >= 4 is 23.4 Å². The Labute approximate surface area is 92.4 Å². The molecule has 0 saturated carbocycles. The lowest BCUT2D eigenvalue weighted by Crippen LogP contribution is -2.22. The molecule has 0 unspecified atom stereocenters. The van der Waals surface area contributed by atoms with Crippen LogP contribution in [0.1, 0.15) is 12.0 Å². The van der Waals surface area contributed by atoms with Crippen LogP contribution < -0.4 is 5.32 Å². The van der Waals surface area contributed by atoms with Gasteiger partial charge in [-0.15, -0.1) is 0 Å². The number of carbonyl (C=O) groups excluding carboxylic acids is 2. The summed E-state index contributed by atoms with van der Waals surface area (Å²) in [5.41, 5.74) is 1.02. The molecule has 1 atom stereocenters. The summed E-state index contributed by atoms with van der Waals surface area (Å²) in [5.74, 6) is -0.576. The molecule has 0 radical (unpaired) electrons. The first-order valence-corrected chi connectivity index (χ1v) is 5.11. The predicted molar refractivity (Wildman–Crippen MR) is 56.4 cm³/mol. The molecule has 3 nitrogen and oxygen atoms in total. The van der Waals surface area contributed by atoms with Crippen LogP contribution in [-0.2, 0) is 16.0 Å². The number of amides is 2. The molecule has 1 heterocycles. The number of hydrogen-bond donors (Lipinski definition) is 1. The lowest BCUT2D eigenvalue weighted by Gasteiger charge is -2.05. The minimum atomic E-state index is -0.223. The van der Waals surface area contributed by atoms with Gasteiger partial charge in [0.25, 0.3) is 0 Å². The minimum Gasteiger partial charge on any atom is -0.296 e. The van der Waals surface area contributed by atoms with Gasteiger partial charge in [0.2, 0.25) is 11.8 Å². The lowest BCUT2D eigenvalue weighted by molar-refractivity contribution is -0.125. The molecule has 0 aromatic heterocycles. The van der Waals surface area contributed by atoms with Gasteiger partial charge < -0.3 is 0 Å². The highest BCUT2D eigenvalue weighted by Crippen LogP contribution is 2.18. The quantitative estimate of drug-likeness (QED) is 0.774. The first-order valence-electron chi connectivity index (χ1n) is 4.73. The van der Waals surface area contributed by atoms with Gasteiger partial charge in [-0.05, 0) is 24.1 Å². The molecule has 0 aliphatic carbocycles. The fourth-order valence-corrected chi connectivity index (χ4v) is 1.80. The molecule has 0 spiro atoms. The normalized spacial score (nSPS) is 20.5. The van der Waals surface area contributed by atoms with Crippen molar-refractivity contribution in [1.29, 1.82) is 0 Å². The summed E-state index contributed by atoms with van der Waals surface area (Å²) in [4.78, 5) is 22.3. The van der Waals surface area contributed by atoms with E-state index in [2.05, 4.69) is 5.32 Å². The Kier molecular flexibility index (Phi) is 2.73. The van der Waals surface area contributed by atoms with Crippen molar-refractivity contribution in [2.24, 2.45) is 5.92 Å². The van der Waals surface area contributed by atoms with Crippen LogP contribution in [-0.4, -0.2) is 11.8 Å². The van der Waals surface area contributed by atoms with Crippen LogP contribution >= 0.6 is 11.6 Å². The number of halogens is 1. The maximum Gasteiger partial charge on any atom is 0.230 e. The molecule has 78 valence electrons. The number of nitrogens with one attached hydrogen (secondary N) is 1. The third-order valence-electron chi connectivity index (χ3n) is 2.46. The van der Waals surface area contributed by atoms with Crippen LogP contribution in [0.4, 0.5) is 0 Å². The van der Waals surface area contributed by atoms with E-state index in [4.69, 9.17) is 11.6 Å². The number of benzene rings is 1. The summed E-state index contributed by atoms with van der Waals surface area (Å²) in [6.45, 7) is 0. The lowest BCUT2D eigenvalue weighted by atomic mass is 9.98. The van der Waals surface area contributed by atoms with Crippen molar-refractivity contribution in [3.63, 3.8) is 0 Å². The average molecular weight is 224 g/mol. The summed E-state index contributed by atoms with van der Waals surface area (Å²) in [5, 5.41) is 2.97. The highest BCUT2D eigenvalue weighted by atomic mass is 35.5. The molecule has 4 heteroatoms. The molecular formula is C11H10ClNO2. The molecule has 1 aromatic carbocycles. The summed E-state index contributed by atoms with van der Waals surface area (Å²) in [6, 6.07) is 7.31. The van der Waals surface area contributed by atoms with Gasteiger partial charge in [0.1, 0.15) is 0 Å². The molecule has 1 N–H and O–H groups in total. The van der Waals surface area contributed by atoms with Gasteiger partial charge >= 0.3 is 0 Å². The van der Waals surface area contributed by atoms with Gasteiger partial charge in [0.05, 0.1) is 5.92 Å². The maximum atomic E-state index is 11.3. The Hall–Kier alpha value is -1.35. The van der Waals surface area contributed by atoms with E-state index in [0.29, 0.717) is 17.9 Å². The second-order valence-electron chi connectivity index (χ2n) is 3.64. The van der Waals surface area contributed by atoms with Gasteiger partial charge in [-0.2, -0.15) is 0 Å². The highest BCUT2D eigenvalue weighted by Gasteiger charge is 2.30. The van der Waals surface area contributed by atoms with Crippen molar-refractivity contribution < 1.29 is 9.59 Å². The zero-order chi connectivity index (χ0) is 10.8. The molecule has 15 heavy (non-hydrogen) atoms. The Morgan fingerprint density at radius 3 is 2.47 bits per heavy atom. The zero-order valence-corrected chi connectivity index (χ0v) is 8.75. The summed E-state index contributed by atoms with van der Waals surface area (Å²) in [7, 11) is 0. The van der Waals surface area contributed by atoms with Crippen LogP contribution in [0.3, 0.4) is 0 Å². The van der Waals surface area contributed by atoms with E-state index in [9.17, 15) is 9.59 Å². The number of hydrogen-bond acceptors (Lipinski definition) is 2. The Morgan fingerprint density at radius 2 is 1.93 bits per heavy atom. The monoisotopic (exact) mass is 223 g/mol. The van der Waals surface area contributed by atoms with Gasteiger partial charge in [0, 0.05) is 11.4 Å². The SMILES string of the molecule is O=C1C[C@@H](Cc2ccc(Cl)cc2)C(=O)N1. The molecule has 0 bridgehead atoms. The number of carbonyl (C=O) groups is 2. The van der Waals surface area contributed by atoms with E-state index in [1.807, 2.05) is 12.1 Å². The molecule has 2 rings (SSSR count). The first kappa shape index (κ1) is 10.2. The van der Waals surface area contributed by atoms with Gasteiger partial charge in [-0.1, -0.05) is 23.7 Å². The number of rotatable bonds is 2. The van der Waals surface area contributed by atoms with Crippen molar-refractivity contribution in [3.05, 3.63) is 34.9 Å². The summed E-state index contributed by atoms with van der Waals surface area (Å²) >= 11 is 5.75. The zero-order valence-electron chi connectivity index (χ0n) is 8.00. The standard InChI is InChI=1S/C11H10ClNO2/c12-9-3-1-7(2-4-9)5-8-6-10(14)13-11(8)15/h1-4,8H,5-6H2,(H,13,14,15)/t8-/m1/s1.